The molecule has 0 amide bonds. The summed E-state index contributed by atoms with van der Waals surface area (Å²) in [5, 5.41) is 11.5. The van der Waals surface area contributed by atoms with Crippen molar-refractivity contribution in [2.24, 2.45) is 0 Å². The van der Waals surface area contributed by atoms with Gasteiger partial charge in [0.25, 0.3) is 0 Å². The zero-order valence-electron chi connectivity index (χ0n) is 10.4. The van der Waals surface area contributed by atoms with Gasteiger partial charge in [0.2, 0.25) is 5.75 Å². The van der Waals surface area contributed by atoms with Crippen molar-refractivity contribution in [2.75, 3.05) is 0 Å². The summed E-state index contributed by atoms with van der Waals surface area (Å²) in [6, 6.07) is 8.70. The molecule has 2 rings (SSSR count). The molecule has 0 saturated carbocycles. The summed E-state index contributed by atoms with van der Waals surface area (Å²) in [6.45, 7) is 1.77. The molecular formula is C13H10BrClN2O3. The van der Waals surface area contributed by atoms with Crippen LogP contribution >= 0.6 is 27.5 Å². The van der Waals surface area contributed by atoms with Gasteiger partial charge in [-0.15, -0.1) is 0 Å². The highest BCUT2D eigenvalue weighted by Gasteiger charge is 2.21. The van der Waals surface area contributed by atoms with Crippen molar-refractivity contribution in [3.05, 3.63) is 61.7 Å². The highest BCUT2D eigenvalue weighted by Crippen LogP contribution is 2.33. The Morgan fingerprint density at radius 2 is 2.15 bits per heavy atom. The predicted molar refractivity (Wildman–Crippen MR) is 79.1 cm³/mol. The van der Waals surface area contributed by atoms with E-state index in [1.54, 1.807) is 13.0 Å². The van der Waals surface area contributed by atoms with Gasteiger partial charge in [-0.2, -0.15) is 0 Å². The number of hydrogen-bond donors (Lipinski definition) is 0. The Labute approximate surface area is 128 Å². The maximum atomic E-state index is 10.9. The maximum absolute atomic E-state index is 10.9. The molecule has 7 heteroatoms. The average Bonchev–Trinajstić information content (AvgIpc) is 2.38. The number of nitrogens with zero attached hydrogens (tertiary/aromatic N) is 2. The molecule has 0 fully saturated rings. The highest BCUT2D eigenvalue weighted by molar-refractivity contribution is 9.10. The van der Waals surface area contributed by atoms with Gasteiger partial charge in [-0.1, -0.05) is 29.8 Å². The van der Waals surface area contributed by atoms with Crippen LogP contribution < -0.4 is 4.74 Å². The minimum atomic E-state index is -0.582. The van der Waals surface area contributed by atoms with Crippen molar-refractivity contribution >= 4 is 33.3 Å². The van der Waals surface area contributed by atoms with Crippen LogP contribution in [0.4, 0.5) is 5.82 Å². The van der Waals surface area contributed by atoms with Gasteiger partial charge in [0, 0.05) is 16.7 Å². The fourth-order valence-electron chi connectivity index (χ4n) is 1.70. The quantitative estimate of drug-likeness (QED) is 0.595. The van der Waals surface area contributed by atoms with Crippen LogP contribution in [0, 0.1) is 10.1 Å². The molecule has 0 radical (unpaired) electrons. The second kappa shape index (κ2) is 6.19. The van der Waals surface area contributed by atoms with E-state index in [9.17, 15) is 10.1 Å². The third-order valence-corrected chi connectivity index (χ3v) is 3.40. The summed E-state index contributed by atoms with van der Waals surface area (Å²) in [5.41, 5.74) is 0.753. The Bertz CT molecular complexity index is 651. The molecule has 2 aromatic rings. The summed E-state index contributed by atoms with van der Waals surface area (Å²) < 4.78 is 6.24. The lowest BCUT2D eigenvalue weighted by atomic mass is 10.1. The predicted octanol–water partition coefficient (Wildman–Crippen LogP) is 4.55. The topological polar surface area (TPSA) is 65.3 Å². The molecule has 0 aliphatic carbocycles. The molecule has 1 atom stereocenters. The van der Waals surface area contributed by atoms with Crippen LogP contribution in [-0.2, 0) is 0 Å². The van der Waals surface area contributed by atoms with Crippen molar-refractivity contribution in [1.29, 1.82) is 0 Å². The number of rotatable bonds is 4. The van der Waals surface area contributed by atoms with Gasteiger partial charge in [-0.25, -0.2) is 0 Å². The lowest BCUT2D eigenvalue weighted by molar-refractivity contribution is -0.390. The molecule has 5 nitrogen and oxygen atoms in total. The van der Waals surface area contributed by atoms with Crippen LogP contribution in [0.3, 0.4) is 0 Å². The van der Waals surface area contributed by atoms with E-state index in [0.717, 1.165) is 5.56 Å². The standard InChI is InChI=1S/C13H10BrClN2O3/c1-8(10-4-2-3-5-11(10)15)20-12-6-9(14)7-16-13(12)17(18)19/h2-8H,1H3/t8-/m1/s1. The number of benzene rings is 1. The summed E-state index contributed by atoms with van der Waals surface area (Å²) in [6.07, 6.45) is 0.920. The van der Waals surface area contributed by atoms with Crippen molar-refractivity contribution in [2.45, 2.75) is 13.0 Å². The summed E-state index contributed by atoms with van der Waals surface area (Å²) in [5.74, 6) is -0.233. The van der Waals surface area contributed by atoms with Crippen molar-refractivity contribution in [1.82, 2.24) is 4.98 Å². The van der Waals surface area contributed by atoms with E-state index in [-0.39, 0.29) is 11.6 Å². The van der Waals surface area contributed by atoms with Crippen LogP contribution in [0.2, 0.25) is 5.02 Å². The molecule has 0 spiro atoms. The SMILES string of the molecule is C[C@@H](Oc1cc(Br)cnc1[N+](=O)[O-])c1ccccc1Cl. The lowest BCUT2D eigenvalue weighted by Gasteiger charge is -2.15. The molecule has 1 aromatic heterocycles. The monoisotopic (exact) mass is 356 g/mol. The minimum absolute atomic E-state index is 0.0943. The molecule has 1 aromatic carbocycles. The maximum Gasteiger partial charge on any atom is 0.406 e. The van der Waals surface area contributed by atoms with E-state index in [1.165, 1.54) is 12.3 Å². The number of ether oxygens (including phenoxy) is 1. The number of pyridine rings is 1. The van der Waals surface area contributed by atoms with Crippen LogP contribution in [0.15, 0.2) is 41.0 Å². The summed E-state index contributed by atoms with van der Waals surface area (Å²) >= 11 is 9.30. The molecule has 0 saturated heterocycles. The number of nitro groups is 1. The average molecular weight is 358 g/mol. The molecule has 20 heavy (non-hydrogen) atoms. The minimum Gasteiger partial charge on any atom is -0.478 e. The van der Waals surface area contributed by atoms with Crippen LogP contribution in [0.5, 0.6) is 5.75 Å². The first kappa shape index (κ1) is 14.7. The van der Waals surface area contributed by atoms with Gasteiger partial charge in [-0.3, -0.25) is 0 Å². The largest absolute Gasteiger partial charge is 0.478 e. The fraction of sp³-hybridized carbons (Fsp3) is 0.154. The zero-order valence-corrected chi connectivity index (χ0v) is 12.8. The number of halogens is 2. The van der Waals surface area contributed by atoms with Gasteiger partial charge in [0.15, 0.2) is 6.20 Å². The van der Waals surface area contributed by atoms with Crippen molar-refractivity contribution in [3.63, 3.8) is 0 Å². The van der Waals surface area contributed by atoms with Crippen molar-refractivity contribution in [3.8, 4) is 5.75 Å². The van der Waals surface area contributed by atoms with E-state index < -0.39 is 11.0 Å². The Morgan fingerprint density at radius 1 is 1.45 bits per heavy atom. The number of aromatic nitrogens is 1. The van der Waals surface area contributed by atoms with E-state index in [2.05, 4.69) is 20.9 Å². The summed E-state index contributed by atoms with van der Waals surface area (Å²) in [4.78, 5) is 14.1. The Hall–Kier alpha value is -1.66. The van der Waals surface area contributed by atoms with Gasteiger partial charge >= 0.3 is 5.82 Å². The van der Waals surface area contributed by atoms with E-state index >= 15 is 0 Å². The molecule has 0 unspecified atom stereocenters. The second-order valence-electron chi connectivity index (χ2n) is 4.01. The first-order valence-electron chi connectivity index (χ1n) is 5.70. The van der Waals surface area contributed by atoms with Crippen LogP contribution in [0.1, 0.15) is 18.6 Å². The smallest absolute Gasteiger partial charge is 0.406 e. The molecular weight excluding hydrogens is 348 g/mol. The van der Waals surface area contributed by atoms with Gasteiger partial charge < -0.3 is 14.9 Å². The molecule has 0 aliphatic heterocycles. The first-order valence-corrected chi connectivity index (χ1v) is 6.87. The molecule has 0 N–H and O–H groups in total. The van der Waals surface area contributed by atoms with Crippen LogP contribution in [-0.4, -0.2) is 9.91 Å². The Morgan fingerprint density at radius 3 is 2.80 bits per heavy atom. The lowest BCUT2D eigenvalue weighted by Crippen LogP contribution is -2.06. The third kappa shape index (κ3) is 3.26. The van der Waals surface area contributed by atoms with E-state index in [0.29, 0.717) is 9.50 Å². The molecule has 1 heterocycles. The second-order valence-corrected chi connectivity index (χ2v) is 5.34. The number of hydrogen-bond acceptors (Lipinski definition) is 4. The normalized spacial score (nSPS) is 11.9. The zero-order chi connectivity index (χ0) is 14.7. The van der Waals surface area contributed by atoms with E-state index in [4.69, 9.17) is 16.3 Å². The molecule has 0 aliphatic rings. The third-order valence-electron chi connectivity index (χ3n) is 2.62. The Kier molecular flexibility index (Phi) is 4.57. The van der Waals surface area contributed by atoms with Gasteiger partial charge in [0.05, 0.1) is 4.47 Å². The first-order chi connectivity index (χ1) is 9.49. The summed E-state index contributed by atoms with van der Waals surface area (Å²) in [7, 11) is 0. The molecule has 104 valence electrons. The van der Waals surface area contributed by atoms with Gasteiger partial charge in [0.1, 0.15) is 6.10 Å². The van der Waals surface area contributed by atoms with Crippen molar-refractivity contribution < 1.29 is 9.66 Å². The highest BCUT2D eigenvalue weighted by atomic mass is 79.9. The fourth-order valence-corrected chi connectivity index (χ4v) is 2.30. The van der Waals surface area contributed by atoms with Gasteiger partial charge in [-0.05, 0) is 38.8 Å². The molecule has 0 bridgehead atoms. The van der Waals surface area contributed by atoms with E-state index in [1.807, 2.05) is 18.2 Å². The van der Waals surface area contributed by atoms with Crippen LogP contribution in [0.25, 0.3) is 0 Å². The Balaban J connectivity index is 2.32.